The number of hydrogen-bond acceptors (Lipinski definition) is 6. The normalized spacial score (nSPS) is 19.7. The van der Waals surface area contributed by atoms with E-state index in [1.807, 2.05) is 18.9 Å². The molecule has 31 heavy (non-hydrogen) atoms. The Bertz CT molecular complexity index is 1150. The van der Waals surface area contributed by atoms with Crippen molar-refractivity contribution in [1.29, 1.82) is 5.26 Å². The molecule has 2 aliphatic rings. The molecule has 2 aromatic rings. The smallest absolute Gasteiger partial charge is 0.329 e. The molecule has 166 valence electrons. The molecule has 0 spiro atoms. The molecule has 2 heterocycles. The molecule has 8 nitrogen and oxygen atoms in total. The van der Waals surface area contributed by atoms with Crippen molar-refractivity contribution in [2.75, 3.05) is 38.7 Å². The van der Waals surface area contributed by atoms with E-state index in [1.54, 1.807) is 4.57 Å². The van der Waals surface area contributed by atoms with Gasteiger partial charge in [-0.15, -0.1) is 0 Å². The Labute approximate surface area is 179 Å². The van der Waals surface area contributed by atoms with E-state index in [0.717, 1.165) is 25.8 Å². The summed E-state index contributed by atoms with van der Waals surface area (Å²) in [6, 6.07) is 3.58. The van der Waals surface area contributed by atoms with Crippen LogP contribution in [0.4, 0.5) is 10.1 Å². The predicted octanol–water partition coefficient (Wildman–Crippen LogP) is 2.23. The van der Waals surface area contributed by atoms with Crippen LogP contribution in [0.5, 0.6) is 5.75 Å². The molecule has 4 rings (SSSR count). The van der Waals surface area contributed by atoms with Gasteiger partial charge in [-0.2, -0.15) is 5.26 Å². The first-order valence-corrected chi connectivity index (χ1v) is 10.7. The van der Waals surface area contributed by atoms with Crippen LogP contribution in [0.2, 0.25) is 0 Å². The molecule has 1 aromatic heterocycles. The van der Waals surface area contributed by atoms with Crippen molar-refractivity contribution in [3.05, 3.63) is 32.7 Å². The minimum Gasteiger partial charge on any atom is -0.492 e. The van der Waals surface area contributed by atoms with Crippen molar-refractivity contribution < 1.29 is 9.13 Å². The number of nitrogens with one attached hydrogen (secondary N) is 1. The summed E-state index contributed by atoms with van der Waals surface area (Å²) in [4.78, 5) is 31.4. The summed E-state index contributed by atoms with van der Waals surface area (Å²) >= 11 is 0. The molecular formula is C22H28FN5O3. The number of aromatic amines is 1. The topological polar surface area (TPSA) is 94.4 Å². The summed E-state index contributed by atoms with van der Waals surface area (Å²) < 4.78 is 22.4. The Morgan fingerprint density at radius 1 is 1.39 bits per heavy atom. The monoisotopic (exact) mass is 429 g/mol. The van der Waals surface area contributed by atoms with Crippen LogP contribution in [-0.4, -0.2) is 54.3 Å². The highest BCUT2D eigenvalue weighted by Gasteiger charge is 2.33. The van der Waals surface area contributed by atoms with Crippen molar-refractivity contribution >= 4 is 16.6 Å². The van der Waals surface area contributed by atoms with Gasteiger partial charge < -0.3 is 14.5 Å². The van der Waals surface area contributed by atoms with E-state index in [4.69, 9.17) is 10.00 Å². The molecule has 1 aliphatic heterocycles. The zero-order chi connectivity index (χ0) is 22.3. The Morgan fingerprint density at radius 2 is 2.13 bits per heavy atom. The fourth-order valence-electron chi connectivity index (χ4n) is 4.57. The summed E-state index contributed by atoms with van der Waals surface area (Å²) in [7, 11) is 3.45. The van der Waals surface area contributed by atoms with Gasteiger partial charge in [-0.25, -0.2) is 9.18 Å². The van der Waals surface area contributed by atoms with Crippen molar-refractivity contribution in [1.82, 2.24) is 14.5 Å². The van der Waals surface area contributed by atoms with E-state index >= 15 is 4.39 Å². The molecule has 2 fully saturated rings. The predicted molar refractivity (Wildman–Crippen MR) is 116 cm³/mol. The van der Waals surface area contributed by atoms with Gasteiger partial charge in [0.25, 0.3) is 5.56 Å². The van der Waals surface area contributed by atoms with Crippen LogP contribution in [0.3, 0.4) is 0 Å². The molecule has 2 atom stereocenters. The lowest BCUT2D eigenvalue weighted by atomic mass is 10.1. The lowest BCUT2D eigenvalue weighted by Gasteiger charge is -2.27. The Balaban J connectivity index is 1.71. The van der Waals surface area contributed by atoms with Gasteiger partial charge in [-0.1, -0.05) is 0 Å². The lowest BCUT2D eigenvalue weighted by Crippen LogP contribution is -2.34. The molecule has 2 unspecified atom stereocenters. The third kappa shape index (κ3) is 3.92. The number of H-pyrrole nitrogens is 1. The fourth-order valence-corrected chi connectivity index (χ4v) is 4.57. The zero-order valence-corrected chi connectivity index (χ0v) is 18.2. The molecule has 0 amide bonds. The van der Waals surface area contributed by atoms with Crippen molar-refractivity contribution in [2.24, 2.45) is 5.92 Å². The minimum atomic E-state index is -0.604. The largest absolute Gasteiger partial charge is 0.492 e. The number of hydrogen-bond donors (Lipinski definition) is 1. The molecule has 1 aliphatic carbocycles. The molecule has 1 saturated heterocycles. The first-order valence-electron chi connectivity index (χ1n) is 10.7. The van der Waals surface area contributed by atoms with E-state index in [1.165, 1.54) is 13.2 Å². The number of halogens is 1. The van der Waals surface area contributed by atoms with Crippen LogP contribution < -0.4 is 20.9 Å². The van der Waals surface area contributed by atoms with E-state index in [9.17, 15) is 9.59 Å². The standard InChI is InChI=1S/C22H28FN5O3/c1-13(6-8-24)26(2)11-14-7-9-27(12-14)19-17(23)10-16-18(20(19)31-3)28(15-4-5-15)22(30)25-21(16)29/h10,13-15H,4-7,9,11-12H2,1-3H3,(H,25,29,30). The summed E-state index contributed by atoms with van der Waals surface area (Å²) in [5.74, 6) is 0.0374. The second-order valence-electron chi connectivity index (χ2n) is 8.75. The van der Waals surface area contributed by atoms with Gasteiger partial charge in [-0.3, -0.25) is 14.3 Å². The van der Waals surface area contributed by atoms with Gasteiger partial charge in [0.15, 0.2) is 11.6 Å². The number of fused-ring (bicyclic) bond motifs is 1. The average Bonchev–Trinajstić information content (AvgIpc) is 3.46. The van der Waals surface area contributed by atoms with Crippen molar-refractivity contribution in [3.8, 4) is 11.8 Å². The maximum Gasteiger partial charge on any atom is 0.329 e. The maximum absolute atomic E-state index is 15.3. The molecule has 1 saturated carbocycles. The van der Waals surface area contributed by atoms with Gasteiger partial charge in [0.1, 0.15) is 11.2 Å². The number of benzene rings is 1. The summed E-state index contributed by atoms with van der Waals surface area (Å²) in [6.07, 6.45) is 3.04. The number of rotatable bonds is 7. The van der Waals surface area contributed by atoms with Gasteiger partial charge in [0.2, 0.25) is 0 Å². The van der Waals surface area contributed by atoms with E-state index < -0.39 is 17.1 Å². The van der Waals surface area contributed by atoms with Gasteiger partial charge in [-0.05, 0) is 45.2 Å². The Morgan fingerprint density at radius 3 is 2.77 bits per heavy atom. The fraction of sp³-hybridized carbons (Fsp3) is 0.591. The number of nitriles is 1. The van der Waals surface area contributed by atoms with Gasteiger partial charge in [0, 0.05) is 31.7 Å². The summed E-state index contributed by atoms with van der Waals surface area (Å²) in [5.41, 5.74) is -0.403. The SMILES string of the molecule is COc1c(N2CCC(CN(C)C(C)CC#N)C2)c(F)cc2c(=O)[nH]c(=O)n(C3CC3)c12. The lowest BCUT2D eigenvalue weighted by molar-refractivity contribution is 0.227. The van der Waals surface area contributed by atoms with Crippen LogP contribution in [-0.2, 0) is 0 Å². The second-order valence-corrected chi connectivity index (χ2v) is 8.75. The summed E-state index contributed by atoms with van der Waals surface area (Å²) in [6.45, 7) is 4.12. The molecule has 0 bridgehead atoms. The highest BCUT2D eigenvalue weighted by atomic mass is 19.1. The molecule has 9 heteroatoms. The number of aromatic nitrogens is 2. The Hall–Kier alpha value is -2.86. The third-order valence-corrected chi connectivity index (χ3v) is 6.51. The number of nitrogens with zero attached hydrogens (tertiary/aromatic N) is 4. The van der Waals surface area contributed by atoms with Gasteiger partial charge >= 0.3 is 5.69 Å². The maximum atomic E-state index is 15.3. The quantitative estimate of drug-likeness (QED) is 0.725. The number of anilines is 1. The third-order valence-electron chi connectivity index (χ3n) is 6.51. The van der Waals surface area contributed by atoms with Crippen molar-refractivity contribution in [3.63, 3.8) is 0 Å². The van der Waals surface area contributed by atoms with Crippen LogP contribution in [0, 0.1) is 23.1 Å². The average molecular weight is 429 g/mol. The van der Waals surface area contributed by atoms with E-state index in [-0.39, 0.29) is 23.2 Å². The van der Waals surface area contributed by atoms with Crippen molar-refractivity contribution in [2.45, 2.75) is 44.7 Å². The first-order chi connectivity index (χ1) is 14.8. The second kappa shape index (κ2) is 8.35. The molecule has 1 aromatic carbocycles. The van der Waals surface area contributed by atoms with E-state index in [2.05, 4.69) is 16.0 Å². The van der Waals surface area contributed by atoms with Crippen LogP contribution in [0.25, 0.3) is 10.9 Å². The highest BCUT2D eigenvalue weighted by molar-refractivity contribution is 5.91. The summed E-state index contributed by atoms with van der Waals surface area (Å²) in [5, 5.41) is 9.06. The molecule has 1 N–H and O–H groups in total. The van der Waals surface area contributed by atoms with Gasteiger partial charge in [0.05, 0.1) is 25.0 Å². The molecular weight excluding hydrogens is 401 g/mol. The number of ether oxygens (including phenoxy) is 1. The van der Waals surface area contributed by atoms with E-state index in [0.29, 0.717) is 36.6 Å². The first kappa shape index (κ1) is 21.4. The highest BCUT2D eigenvalue weighted by Crippen LogP contribution is 2.43. The zero-order valence-electron chi connectivity index (χ0n) is 18.2. The Kier molecular flexibility index (Phi) is 5.75. The number of methoxy groups -OCH3 is 1. The minimum absolute atomic E-state index is 0.000610. The van der Waals surface area contributed by atoms with Crippen LogP contribution in [0.15, 0.2) is 15.7 Å². The molecule has 0 radical (unpaired) electrons. The van der Waals surface area contributed by atoms with Crippen LogP contribution >= 0.6 is 0 Å². The van der Waals surface area contributed by atoms with Crippen LogP contribution in [0.1, 0.15) is 38.6 Å².